The van der Waals surface area contributed by atoms with Gasteiger partial charge in [0.1, 0.15) is 5.75 Å². The summed E-state index contributed by atoms with van der Waals surface area (Å²) in [5, 5.41) is 13.5. The Hall–Kier alpha value is -3.42. The summed E-state index contributed by atoms with van der Waals surface area (Å²) in [4.78, 5) is 33.5. The van der Waals surface area contributed by atoms with Crippen molar-refractivity contribution in [3.05, 3.63) is 63.7 Å². The number of anilines is 1. The Labute approximate surface area is 143 Å². The molecule has 0 saturated heterocycles. The van der Waals surface area contributed by atoms with Gasteiger partial charge in [-0.05, 0) is 43.3 Å². The van der Waals surface area contributed by atoms with Crippen molar-refractivity contribution in [3.8, 4) is 5.75 Å². The van der Waals surface area contributed by atoms with Crippen molar-refractivity contribution in [2.45, 2.75) is 6.92 Å². The second-order valence-corrected chi connectivity index (χ2v) is 5.10. The fourth-order valence-corrected chi connectivity index (χ4v) is 2.04. The number of nitro benzene ring substituents is 1. The Kier molecular flexibility index (Phi) is 5.67. The third-order valence-corrected chi connectivity index (χ3v) is 3.35. The zero-order chi connectivity index (χ0) is 18.4. The maximum atomic E-state index is 12.2. The first-order chi connectivity index (χ1) is 11.9. The molecule has 0 atom stereocenters. The number of aryl methyl sites for hydroxylation is 1. The van der Waals surface area contributed by atoms with Gasteiger partial charge in [-0.3, -0.25) is 14.9 Å². The molecule has 0 aliphatic carbocycles. The van der Waals surface area contributed by atoms with Gasteiger partial charge in [0.25, 0.3) is 11.6 Å². The smallest absolute Gasteiger partial charge is 0.343 e. The van der Waals surface area contributed by atoms with Crippen molar-refractivity contribution in [1.29, 1.82) is 0 Å². The van der Waals surface area contributed by atoms with E-state index in [-0.39, 0.29) is 18.2 Å². The molecule has 2 aromatic rings. The van der Waals surface area contributed by atoms with E-state index in [9.17, 15) is 19.7 Å². The number of carbonyl (C=O) groups is 2. The van der Waals surface area contributed by atoms with Gasteiger partial charge in [-0.1, -0.05) is 0 Å². The van der Waals surface area contributed by atoms with Gasteiger partial charge in [0.15, 0.2) is 6.61 Å². The maximum Gasteiger partial charge on any atom is 0.343 e. The molecular weight excluding hydrogens is 328 g/mol. The summed E-state index contributed by atoms with van der Waals surface area (Å²) in [7, 11) is 1.27. The first-order valence-electron chi connectivity index (χ1n) is 7.27. The Morgan fingerprint density at radius 3 is 2.40 bits per heavy atom. The lowest BCUT2D eigenvalue weighted by atomic mass is 10.1. The summed E-state index contributed by atoms with van der Waals surface area (Å²) in [6, 6.07) is 10.6. The predicted molar refractivity (Wildman–Crippen MR) is 89.7 cm³/mol. The van der Waals surface area contributed by atoms with Crippen LogP contribution in [0.2, 0.25) is 0 Å². The van der Waals surface area contributed by atoms with Crippen molar-refractivity contribution in [3.63, 3.8) is 0 Å². The van der Waals surface area contributed by atoms with E-state index in [4.69, 9.17) is 4.74 Å². The van der Waals surface area contributed by atoms with Gasteiger partial charge in [-0.15, -0.1) is 0 Å². The molecule has 2 aromatic carbocycles. The molecule has 0 aromatic heterocycles. The van der Waals surface area contributed by atoms with Crippen LogP contribution >= 0.6 is 0 Å². The molecule has 0 spiro atoms. The number of methoxy groups -OCH3 is 1. The minimum atomic E-state index is -0.496. The normalized spacial score (nSPS) is 10.0. The molecule has 2 rings (SSSR count). The van der Waals surface area contributed by atoms with E-state index in [0.717, 1.165) is 0 Å². The van der Waals surface area contributed by atoms with Gasteiger partial charge in [0, 0.05) is 22.9 Å². The molecule has 8 heteroatoms. The number of esters is 1. The highest BCUT2D eigenvalue weighted by Gasteiger charge is 2.14. The number of rotatable bonds is 6. The third kappa shape index (κ3) is 4.77. The van der Waals surface area contributed by atoms with E-state index in [2.05, 4.69) is 10.1 Å². The highest BCUT2D eigenvalue weighted by Crippen LogP contribution is 2.20. The van der Waals surface area contributed by atoms with E-state index >= 15 is 0 Å². The molecule has 130 valence electrons. The Morgan fingerprint density at radius 2 is 1.84 bits per heavy atom. The summed E-state index contributed by atoms with van der Waals surface area (Å²) >= 11 is 0. The average Bonchev–Trinajstić information content (AvgIpc) is 2.60. The van der Waals surface area contributed by atoms with Crippen LogP contribution in [-0.2, 0) is 9.53 Å². The molecule has 0 unspecified atom stereocenters. The fourth-order valence-electron chi connectivity index (χ4n) is 2.04. The summed E-state index contributed by atoms with van der Waals surface area (Å²) in [5.74, 6) is -0.429. The number of carbonyl (C=O) groups excluding carboxylic acids is 2. The number of nitrogens with zero attached hydrogens (tertiary/aromatic N) is 1. The SMILES string of the molecule is COC(=O)COc1ccc(NC(=O)c2ccc([N+](=O)[O-])c(C)c2)cc1. The van der Waals surface area contributed by atoms with Crippen molar-refractivity contribution in [2.75, 3.05) is 19.0 Å². The molecule has 0 bridgehead atoms. The second kappa shape index (κ2) is 7.91. The number of amides is 1. The van der Waals surface area contributed by atoms with Crippen LogP contribution in [0.3, 0.4) is 0 Å². The van der Waals surface area contributed by atoms with Crippen molar-refractivity contribution >= 4 is 23.3 Å². The van der Waals surface area contributed by atoms with Gasteiger partial charge < -0.3 is 14.8 Å². The number of hydrogen-bond acceptors (Lipinski definition) is 6. The van der Waals surface area contributed by atoms with E-state index in [1.54, 1.807) is 31.2 Å². The van der Waals surface area contributed by atoms with Gasteiger partial charge in [-0.25, -0.2) is 4.79 Å². The number of nitro groups is 1. The second-order valence-electron chi connectivity index (χ2n) is 5.10. The van der Waals surface area contributed by atoms with Crippen LogP contribution in [0, 0.1) is 17.0 Å². The van der Waals surface area contributed by atoms with E-state index in [1.165, 1.54) is 25.3 Å². The lowest BCUT2D eigenvalue weighted by Gasteiger charge is -2.08. The largest absolute Gasteiger partial charge is 0.482 e. The van der Waals surface area contributed by atoms with Crippen LogP contribution in [0.5, 0.6) is 5.75 Å². The number of hydrogen-bond donors (Lipinski definition) is 1. The molecule has 0 fully saturated rings. The maximum absolute atomic E-state index is 12.2. The minimum Gasteiger partial charge on any atom is -0.482 e. The molecule has 0 saturated carbocycles. The van der Waals surface area contributed by atoms with Crippen LogP contribution in [0.4, 0.5) is 11.4 Å². The lowest BCUT2D eigenvalue weighted by Crippen LogP contribution is -2.13. The Balaban J connectivity index is 2.02. The third-order valence-electron chi connectivity index (χ3n) is 3.35. The number of ether oxygens (including phenoxy) is 2. The zero-order valence-electron chi connectivity index (χ0n) is 13.6. The van der Waals surface area contributed by atoms with Crippen molar-refractivity contribution in [1.82, 2.24) is 0 Å². The van der Waals surface area contributed by atoms with Crippen LogP contribution in [0.25, 0.3) is 0 Å². The molecule has 0 aliphatic heterocycles. The highest BCUT2D eigenvalue weighted by molar-refractivity contribution is 6.04. The summed E-state index contributed by atoms with van der Waals surface area (Å²) < 4.78 is 9.67. The number of benzene rings is 2. The predicted octanol–water partition coefficient (Wildman–Crippen LogP) is 2.71. The number of nitrogens with one attached hydrogen (secondary N) is 1. The lowest BCUT2D eigenvalue weighted by molar-refractivity contribution is -0.385. The van der Waals surface area contributed by atoms with Crippen molar-refractivity contribution < 1.29 is 24.0 Å². The molecule has 25 heavy (non-hydrogen) atoms. The van der Waals surface area contributed by atoms with Gasteiger partial charge in [0.2, 0.25) is 0 Å². The van der Waals surface area contributed by atoms with Gasteiger partial charge in [-0.2, -0.15) is 0 Å². The fraction of sp³-hybridized carbons (Fsp3) is 0.176. The minimum absolute atomic E-state index is 0.0383. The molecular formula is C17H16N2O6. The molecule has 1 N–H and O–H groups in total. The van der Waals surface area contributed by atoms with Crippen LogP contribution in [0.15, 0.2) is 42.5 Å². The monoisotopic (exact) mass is 344 g/mol. The average molecular weight is 344 g/mol. The zero-order valence-corrected chi connectivity index (χ0v) is 13.6. The summed E-state index contributed by atoms with van der Waals surface area (Å²) in [6.45, 7) is 1.37. The molecule has 1 amide bonds. The molecule has 0 heterocycles. The van der Waals surface area contributed by atoms with E-state index in [1.807, 2.05) is 0 Å². The first kappa shape index (κ1) is 17.9. The topological polar surface area (TPSA) is 108 Å². The van der Waals surface area contributed by atoms with Crippen LogP contribution < -0.4 is 10.1 Å². The first-order valence-corrected chi connectivity index (χ1v) is 7.27. The Morgan fingerprint density at radius 1 is 1.16 bits per heavy atom. The van der Waals surface area contributed by atoms with Gasteiger partial charge in [0.05, 0.1) is 12.0 Å². The van der Waals surface area contributed by atoms with E-state index < -0.39 is 10.9 Å². The van der Waals surface area contributed by atoms with Crippen LogP contribution in [-0.4, -0.2) is 30.5 Å². The molecule has 0 aliphatic rings. The van der Waals surface area contributed by atoms with Crippen LogP contribution in [0.1, 0.15) is 15.9 Å². The molecule has 8 nitrogen and oxygen atoms in total. The van der Waals surface area contributed by atoms with Gasteiger partial charge >= 0.3 is 5.97 Å². The Bertz CT molecular complexity index is 801. The van der Waals surface area contributed by atoms with E-state index in [0.29, 0.717) is 22.6 Å². The summed E-state index contributed by atoms with van der Waals surface area (Å²) in [5.41, 5.74) is 1.20. The summed E-state index contributed by atoms with van der Waals surface area (Å²) in [6.07, 6.45) is 0. The standard InChI is InChI=1S/C17H16N2O6/c1-11-9-12(3-8-15(11)19(22)23)17(21)18-13-4-6-14(7-5-13)25-10-16(20)24-2/h3-9H,10H2,1-2H3,(H,18,21). The molecule has 0 radical (unpaired) electrons. The highest BCUT2D eigenvalue weighted by atomic mass is 16.6. The van der Waals surface area contributed by atoms with Crippen molar-refractivity contribution in [2.24, 2.45) is 0 Å². The quantitative estimate of drug-likeness (QED) is 0.490.